The Bertz CT molecular complexity index is 599. The van der Waals surface area contributed by atoms with Crippen LogP contribution in [-0.2, 0) is 4.74 Å². The van der Waals surface area contributed by atoms with Crippen LogP contribution in [0.3, 0.4) is 0 Å². The Morgan fingerprint density at radius 1 is 1.30 bits per heavy atom. The number of aliphatic hydroxyl groups excluding tert-OH is 1. The molecule has 1 aromatic carbocycles. The van der Waals surface area contributed by atoms with Gasteiger partial charge in [0.25, 0.3) is 0 Å². The van der Waals surface area contributed by atoms with E-state index in [1.165, 1.54) is 4.90 Å². The lowest BCUT2D eigenvalue weighted by Gasteiger charge is -2.24. The second-order valence-electron chi connectivity index (χ2n) is 6.77. The molecule has 0 unspecified atom stereocenters. The summed E-state index contributed by atoms with van der Waals surface area (Å²) < 4.78 is 15.9. The molecule has 2 N–H and O–H groups in total. The second kappa shape index (κ2) is 5.81. The number of nitrogens with one attached hydrogen (secondary N) is 1. The van der Waals surface area contributed by atoms with Gasteiger partial charge in [0.15, 0.2) is 11.5 Å². The van der Waals surface area contributed by atoms with Crippen LogP contribution in [0.15, 0.2) is 18.2 Å². The molecule has 0 spiro atoms. The molecule has 0 aliphatic carbocycles. The van der Waals surface area contributed by atoms with E-state index in [2.05, 4.69) is 5.32 Å². The van der Waals surface area contributed by atoms with Gasteiger partial charge in [-0.2, -0.15) is 0 Å². The van der Waals surface area contributed by atoms with Crippen molar-refractivity contribution in [1.82, 2.24) is 4.90 Å². The Morgan fingerprint density at radius 2 is 2.04 bits per heavy atom. The fraction of sp³-hybridized carbons (Fsp3) is 0.562. The van der Waals surface area contributed by atoms with Gasteiger partial charge >= 0.3 is 6.09 Å². The van der Waals surface area contributed by atoms with Gasteiger partial charge in [-0.05, 0) is 32.9 Å². The summed E-state index contributed by atoms with van der Waals surface area (Å²) in [6, 6.07) is 5.24. The van der Waals surface area contributed by atoms with Crippen LogP contribution in [0.4, 0.5) is 10.5 Å². The van der Waals surface area contributed by atoms with Gasteiger partial charge in [-0.1, -0.05) is 0 Å². The summed E-state index contributed by atoms with van der Waals surface area (Å²) >= 11 is 0. The monoisotopic (exact) mass is 322 g/mol. The third kappa shape index (κ3) is 3.61. The van der Waals surface area contributed by atoms with Crippen LogP contribution in [0, 0.1) is 0 Å². The first-order valence-corrected chi connectivity index (χ1v) is 7.64. The number of anilines is 1. The molecule has 0 saturated carbocycles. The number of fused-ring (bicyclic) bond motifs is 1. The number of aliphatic hydroxyl groups is 1. The van der Waals surface area contributed by atoms with Gasteiger partial charge in [-0.3, -0.25) is 0 Å². The number of hydrogen-bond acceptors (Lipinski definition) is 6. The molecule has 7 heteroatoms. The number of β-amino-alcohol motifs (C(OH)–C–C–N with tert-alkyl or cyclic N) is 1. The van der Waals surface area contributed by atoms with Gasteiger partial charge in [-0.25, -0.2) is 4.79 Å². The SMILES string of the molecule is CC(C)(C)OC(=O)N1C[C@@H](O)[C@H](Nc2ccc3c(c2)OCO3)C1. The molecule has 2 aliphatic rings. The molecule has 0 bridgehead atoms. The van der Waals surface area contributed by atoms with Gasteiger partial charge in [0, 0.05) is 18.3 Å². The Morgan fingerprint density at radius 3 is 2.78 bits per heavy atom. The van der Waals surface area contributed by atoms with Crippen LogP contribution < -0.4 is 14.8 Å². The predicted octanol–water partition coefficient (Wildman–Crippen LogP) is 1.81. The Balaban J connectivity index is 1.62. The highest BCUT2D eigenvalue weighted by Gasteiger charge is 2.36. The summed E-state index contributed by atoms with van der Waals surface area (Å²) in [6.45, 7) is 6.30. The average Bonchev–Trinajstić information content (AvgIpc) is 3.04. The Labute approximate surface area is 135 Å². The van der Waals surface area contributed by atoms with Crippen molar-refractivity contribution in [3.05, 3.63) is 18.2 Å². The first kappa shape index (κ1) is 15.7. The number of carbonyl (C=O) groups excluding carboxylic acids is 1. The second-order valence-corrected chi connectivity index (χ2v) is 6.77. The fourth-order valence-electron chi connectivity index (χ4n) is 2.60. The average molecular weight is 322 g/mol. The van der Waals surface area contributed by atoms with Crippen LogP contribution in [0.25, 0.3) is 0 Å². The van der Waals surface area contributed by atoms with Crippen molar-refractivity contribution in [2.45, 2.75) is 38.5 Å². The van der Waals surface area contributed by atoms with E-state index >= 15 is 0 Å². The van der Waals surface area contributed by atoms with Gasteiger partial charge < -0.3 is 29.5 Å². The fourth-order valence-corrected chi connectivity index (χ4v) is 2.60. The van der Waals surface area contributed by atoms with E-state index in [1.54, 1.807) is 0 Å². The minimum Gasteiger partial charge on any atom is -0.454 e. The van der Waals surface area contributed by atoms with Gasteiger partial charge in [0.2, 0.25) is 6.79 Å². The molecule has 1 aromatic rings. The number of amides is 1. The lowest BCUT2D eigenvalue weighted by Crippen LogP contribution is -2.36. The maximum absolute atomic E-state index is 12.1. The molecule has 0 aromatic heterocycles. The number of likely N-dealkylation sites (tertiary alicyclic amines) is 1. The Hall–Kier alpha value is -2.15. The minimum absolute atomic E-state index is 0.220. The zero-order chi connectivity index (χ0) is 16.6. The van der Waals surface area contributed by atoms with E-state index in [4.69, 9.17) is 14.2 Å². The predicted molar refractivity (Wildman–Crippen MR) is 83.8 cm³/mol. The van der Waals surface area contributed by atoms with E-state index in [0.29, 0.717) is 18.0 Å². The molecule has 1 fully saturated rings. The zero-order valence-electron chi connectivity index (χ0n) is 13.5. The molecule has 1 saturated heterocycles. The third-order valence-corrected chi connectivity index (χ3v) is 3.67. The molecule has 126 valence electrons. The molecule has 23 heavy (non-hydrogen) atoms. The van der Waals surface area contributed by atoms with E-state index in [1.807, 2.05) is 39.0 Å². The van der Waals surface area contributed by atoms with Crippen molar-refractivity contribution in [3.63, 3.8) is 0 Å². The zero-order valence-corrected chi connectivity index (χ0v) is 13.5. The highest BCUT2D eigenvalue weighted by molar-refractivity contribution is 5.69. The molecule has 2 atom stereocenters. The molecule has 3 rings (SSSR count). The Kier molecular flexibility index (Phi) is 3.97. The summed E-state index contributed by atoms with van der Waals surface area (Å²) in [7, 11) is 0. The normalized spacial score (nSPS) is 23.0. The highest BCUT2D eigenvalue weighted by Crippen LogP contribution is 2.34. The van der Waals surface area contributed by atoms with E-state index < -0.39 is 17.8 Å². The maximum atomic E-state index is 12.1. The largest absolute Gasteiger partial charge is 0.454 e. The lowest BCUT2D eigenvalue weighted by molar-refractivity contribution is 0.0270. The number of carbonyl (C=O) groups is 1. The lowest BCUT2D eigenvalue weighted by atomic mass is 10.2. The molecular weight excluding hydrogens is 300 g/mol. The van der Waals surface area contributed by atoms with Crippen LogP contribution in [-0.4, -0.2) is 53.7 Å². The van der Waals surface area contributed by atoms with Crippen molar-refractivity contribution in [3.8, 4) is 11.5 Å². The topological polar surface area (TPSA) is 80.3 Å². The molecule has 2 heterocycles. The standard InChI is InChI=1S/C16H22N2O5/c1-16(2,3)23-15(20)18-7-11(12(19)8-18)17-10-4-5-13-14(6-10)22-9-21-13/h4-6,11-12,17,19H,7-9H2,1-3H3/t11-,12-/m1/s1. The van der Waals surface area contributed by atoms with E-state index in [0.717, 1.165) is 5.69 Å². The summed E-state index contributed by atoms with van der Waals surface area (Å²) in [5, 5.41) is 13.4. The number of nitrogens with zero attached hydrogens (tertiary/aromatic N) is 1. The van der Waals surface area contributed by atoms with Gasteiger partial charge in [-0.15, -0.1) is 0 Å². The first-order valence-electron chi connectivity index (χ1n) is 7.64. The van der Waals surface area contributed by atoms with Crippen molar-refractivity contribution in [1.29, 1.82) is 0 Å². The molecular formula is C16H22N2O5. The van der Waals surface area contributed by atoms with Crippen LogP contribution in [0.2, 0.25) is 0 Å². The molecule has 7 nitrogen and oxygen atoms in total. The van der Waals surface area contributed by atoms with E-state index in [-0.39, 0.29) is 19.4 Å². The smallest absolute Gasteiger partial charge is 0.410 e. The van der Waals surface area contributed by atoms with Crippen molar-refractivity contribution in [2.24, 2.45) is 0 Å². The van der Waals surface area contributed by atoms with Gasteiger partial charge in [0.1, 0.15) is 5.60 Å². The van der Waals surface area contributed by atoms with Crippen LogP contribution >= 0.6 is 0 Å². The van der Waals surface area contributed by atoms with Gasteiger partial charge in [0.05, 0.1) is 18.7 Å². The summed E-state index contributed by atoms with van der Waals surface area (Å²) in [5.74, 6) is 1.38. The van der Waals surface area contributed by atoms with E-state index in [9.17, 15) is 9.90 Å². The number of hydrogen-bond donors (Lipinski definition) is 2. The maximum Gasteiger partial charge on any atom is 0.410 e. The van der Waals surface area contributed by atoms with Crippen LogP contribution in [0.5, 0.6) is 11.5 Å². The van der Waals surface area contributed by atoms with Crippen LogP contribution in [0.1, 0.15) is 20.8 Å². The van der Waals surface area contributed by atoms with Crippen molar-refractivity contribution < 1.29 is 24.1 Å². The minimum atomic E-state index is -0.659. The quantitative estimate of drug-likeness (QED) is 0.864. The number of benzene rings is 1. The summed E-state index contributed by atoms with van der Waals surface area (Å²) in [6.07, 6.45) is -1.07. The summed E-state index contributed by atoms with van der Waals surface area (Å²) in [5.41, 5.74) is 0.259. The molecule has 2 aliphatic heterocycles. The number of rotatable bonds is 2. The number of ether oxygens (including phenoxy) is 3. The molecule has 0 radical (unpaired) electrons. The third-order valence-electron chi connectivity index (χ3n) is 3.67. The molecule has 1 amide bonds. The van der Waals surface area contributed by atoms with Crippen molar-refractivity contribution >= 4 is 11.8 Å². The first-order chi connectivity index (χ1) is 10.8. The highest BCUT2D eigenvalue weighted by atomic mass is 16.7. The summed E-state index contributed by atoms with van der Waals surface area (Å²) in [4.78, 5) is 13.6. The van der Waals surface area contributed by atoms with Crippen molar-refractivity contribution in [2.75, 3.05) is 25.2 Å².